The molecule has 0 saturated carbocycles. The average molecular weight is 554 g/mol. The van der Waals surface area contributed by atoms with Crippen LogP contribution in [0.25, 0.3) is 0 Å². The molecule has 0 bridgehead atoms. The van der Waals surface area contributed by atoms with Crippen molar-refractivity contribution in [1.29, 1.82) is 0 Å². The molecule has 0 amide bonds. The van der Waals surface area contributed by atoms with Crippen LogP contribution in [-0.2, 0) is 0 Å². The van der Waals surface area contributed by atoms with Crippen LogP contribution in [0.5, 0.6) is 0 Å². The van der Waals surface area contributed by atoms with E-state index in [1.54, 1.807) is 0 Å². The fraction of sp³-hybridized carbons (Fsp3) is 1.00. The maximum Gasteiger partial charge on any atom is 0.450 e. The largest absolute Gasteiger partial charge is 0.450 e. The third-order valence-electron chi connectivity index (χ3n) is 2.39. The van der Waals surface area contributed by atoms with E-state index < -0.39 is 65.7 Å². The fourth-order valence-corrected chi connectivity index (χ4v) is 1.95. The van der Waals surface area contributed by atoms with Crippen molar-refractivity contribution >= 4 is 32.8 Å². The predicted octanol–water partition coefficient (Wildman–Crippen LogP) is 7.45. The van der Waals surface area contributed by atoms with Gasteiger partial charge < -0.3 is 0 Å². The maximum absolute atomic E-state index is 13.1. The molecule has 25 heavy (non-hydrogen) atoms. The van der Waals surface area contributed by atoms with E-state index in [1.807, 2.05) is 0 Å². The van der Waals surface area contributed by atoms with E-state index in [-0.39, 0.29) is 0 Å². The van der Waals surface area contributed by atoms with Crippen molar-refractivity contribution in [2.45, 2.75) is 32.9 Å². The summed E-state index contributed by atoms with van der Waals surface area (Å²) in [4.78, 5) is 0. The Balaban J connectivity index is 6.73. The number of rotatable bonds is 6. The summed E-state index contributed by atoms with van der Waals surface area (Å²) in [6.45, 7) is 0. The quantitative estimate of drug-likeness (QED) is 0.182. The Morgan fingerprint density at radius 3 is 0.880 bits per heavy atom. The minimum Gasteiger partial charge on any atom is -0.192 e. The van der Waals surface area contributed by atoms with Gasteiger partial charge in [-0.1, -0.05) is 19.4 Å². The zero-order chi connectivity index (χ0) is 21.4. The molecule has 0 fully saturated rings. The summed E-state index contributed by atoms with van der Waals surface area (Å²) in [6, 6.07) is 0. The highest BCUT2D eigenvalue weighted by molar-refractivity contribution is 14.1. The highest BCUT2D eigenvalue weighted by Gasteiger charge is 3.00. The Bertz CT molecular complexity index is 535. The van der Waals surface area contributed by atoms with Gasteiger partial charge in [0.05, 0.1) is 0 Å². The van der Waals surface area contributed by atoms with E-state index in [9.17, 15) is 72.1 Å². The van der Waals surface area contributed by atoms with Gasteiger partial charge in [-0.2, -0.15) is 52.7 Å². The topological polar surface area (TPSA) is 0 Å². The molecule has 0 spiro atoms. The van der Waals surface area contributed by atoms with Crippen molar-refractivity contribution in [2.75, 3.05) is 0 Å². The fourth-order valence-electron chi connectivity index (χ4n) is 0.997. The zero-order valence-corrected chi connectivity index (χ0v) is 13.2. The van der Waals surface area contributed by atoms with Crippen LogP contribution in [0.2, 0.25) is 0 Å². The van der Waals surface area contributed by atoms with Crippen LogP contribution in [0.3, 0.4) is 0 Å². The van der Waals surface area contributed by atoms with Crippen LogP contribution >= 0.6 is 32.8 Å². The summed E-state index contributed by atoms with van der Waals surface area (Å²) in [5, 5.41) is -9.27. The molecule has 0 nitrogen and oxygen atoms in total. The molecule has 19 heteroatoms. The van der Waals surface area contributed by atoms with Gasteiger partial charge in [-0.3, -0.25) is 0 Å². The summed E-state index contributed by atoms with van der Waals surface area (Å²) in [6.07, 6.45) is 0. The van der Waals surface area contributed by atoms with Gasteiger partial charge in [0.2, 0.25) is 0 Å². The molecule has 0 radical (unpaired) electrons. The second-order valence-electron chi connectivity index (χ2n) is 4.28. The summed E-state index contributed by atoms with van der Waals surface area (Å²) in [7, 11) is -13.1. The standard InChI is InChI=1S/C6F17IS/c7-1(8,3(11,12)5(15,16)24)2(9,10)4(13,14)6(17,18)25(19,20,21,22)23. The summed E-state index contributed by atoms with van der Waals surface area (Å²) >= 11 is -1.04. The van der Waals surface area contributed by atoms with Crippen molar-refractivity contribution in [3.8, 4) is 0 Å². The molecular formula is C6F17IS. The van der Waals surface area contributed by atoms with Crippen molar-refractivity contribution in [1.82, 2.24) is 0 Å². The second-order valence-corrected chi connectivity index (χ2v) is 8.09. The molecule has 0 aliphatic carbocycles. The Labute approximate surface area is 138 Å². The first-order chi connectivity index (χ1) is 10.00. The molecule has 0 N–H and O–H groups in total. The van der Waals surface area contributed by atoms with Crippen molar-refractivity contribution in [3.05, 3.63) is 0 Å². The highest BCUT2D eigenvalue weighted by atomic mass is 127. The van der Waals surface area contributed by atoms with Crippen LogP contribution in [0.15, 0.2) is 0 Å². The average Bonchev–Trinajstić information content (AvgIpc) is 2.22. The van der Waals surface area contributed by atoms with Gasteiger partial charge in [-0.05, 0) is 0 Å². The highest BCUT2D eigenvalue weighted by Crippen LogP contribution is 3.06. The Morgan fingerprint density at radius 1 is 0.440 bits per heavy atom. The molecule has 0 aromatic rings. The Kier molecular flexibility index (Phi) is 4.81. The van der Waals surface area contributed by atoms with Crippen LogP contribution in [-0.4, -0.2) is 32.9 Å². The molecule has 0 unspecified atom stereocenters. The van der Waals surface area contributed by atoms with Crippen LogP contribution in [0.1, 0.15) is 0 Å². The monoisotopic (exact) mass is 554 g/mol. The number of hydrogen-bond acceptors (Lipinski definition) is 0. The smallest absolute Gasteiger partial charge is 0.192 e. The minimum atomic E-state index is -13.1. The maximum atomic E-state index is 12.8. The first-order valence-electron chi connectivity index (χ1n) is 4.68. The molecule has 0 saturated heterocycles. The molecule has 0 rings (SSSR count). The third-order valence-corrected chi connectivity index (χ3v) is 4.29. The zero-order valence-electron chi connectivity index (χ0n) is 10.2. The lowest BCUT2D eigenvalue weighted by atomic mass is 9.99. The van der Waals surface area contributed by atoms with E-state index in [1.165, 1.54) is 0 Å². The van der Waals surface area contributed by atoms with Crippen molar-refractivity contribution < 1.29 is 72.1 Å². The molecular weight excluding hydrogens is 554 g/mol. The number of hydrogen-bond donors (Lipinski definition) is 0. The predicted molar refractivity (Wildman–Crippen MR) is 56.8 cm³/mol. The molecule has 0 aliphatic heterocycles. The molecule has 0 aromatic heterocycles. The molecule has 0 aliphatic rings. The van der Waals surface area contributed by atoms with Crippen LogP contribution in [0.4, 0.5) is 72.1 Å². The van der Waals surface area contributed by atoms with Crippen LogP contribution < -0.4 is 0 Å². The first-order valence-corrected chi connectivity index (χ1v) is 7.71. The van der Waals surface area contributed by atoms with Gasteiger partial charge >= 0.3 is 43.1 Å². The summed E-state index contributed by atoms with van der Waals surface area (Å²) in [5.41, 5.74) is 0. The van der Waals surface area contributed by atoms with Crippen LogP contribution in [0, 0.1) is 0 Å². The minimum absolute atomic E-state index is 1.04. The van der Waals surface area contributed by atoms with Gasteiger partial charge in [0, 0.05) is 22.6 Å². The lowest BCUT2D eigenvalue weighted by Crippen LogP contribution is -2.71. The van der Waals surface area contributed by atoms with Gasteiger partial charge in [0.1, 0.15) is 0 Å². The normalized spacial score (nSPS) is 19.4. The molecule has 0 aromatic carbocycles. The van der Waals surface area contributed by atoms with Gasteiger partial charge in [0.15, 0.2) is 0 Å². The van der Waals surface area contributed by atoms with Gasteiger partial charge in [-0.25, -0.2) is 0 Å². The van der Waals surface area contributed by atoms with Gasteiger partial charge in [-0.15, -0.1) is 0 Å². The van der Waals surface area contributed by atoms with Gasteiger partial charge in [0.25, 0.3) is 0 Å². The van der Waals surface area contributed by atoms with E-state index in [0.717, 1.165) is 0 Å². The molecule has 0 atom stereocenters. The van der Waals surface area contributed by atoms with E-state index in [0.29, 0.717) is 0 Å². The van der Waals surface area contributed by atoms with E-state index in [2.05, 4.69) is 0 Å². The number of halogens is 18. The Morgan fingerprint density at radius 2 is 0.680 bits per heavy atom. The van der Waals surface area contributed by atoms with Crippen molar-refractivity contribution in [2.24, 2.45) is 0 Å². The number of alkyl halides is 13. The third kappa shape index (κ3) is 3.19. The van der Waals surface area contributed by atoms with E-state index in [4.69, 9.17) is 0 Å². The second kappa shape index (κ2) is 4.83. The first kappa shape index (κ1) is 24.9. The SMILES string of the molecule is FC(F)(I)C(F)(F)C(F)(F)C(F)(F)C(F)(F)C(F)(F)S(F)(F)(F)(F)F. The molecule has 0 heterocycles. The Hall–Kier alpha value is -0.110. The summed E-state index contributed by atoms with van der Waals surface area (Å²) < 4.78 is 203. The summed E-state index contributed by atoms with van der Waals surface area (Å²) in [5.74, 6) is -33.6. The molecule has 156 valence electrons. The lowest BCUT2D eigenvalue weighted by Gasteiger charge is -2.50. The van der Waals surface area contributed by atoms with Crippen molar-refractivity contribution in [3.63, 3.8) is 0 Å². The van der Waals surface area contributed by atoms with E-state index >= 15 is 0 Å². The lowest BCUT2D eigenvalue weighted by molar-refractivity contribution is -0.406.